The SMILES string of the molecule is C.C.C#Cc1ccc2c(c1)CCn1c-2cc(OC[C@@H]2COCCO2)nc1=O.C[SiH](C)C#Cc1ccc2c(c1)CCn1c-2cc(OCC2COCCO2)nc1=O.O=c1nc(OCC2COCCO2)cc2n1CCc1cc(OS(=O)(=O)C(F)(F)F)ccc1-2. The fourth-order valence-corrected chi connectivity index (χ4v) is 10.8. The van der Waals surface area contributed by atoms with Crippen LogP contribution in [0, 0.1) is 23.8 Å². The van der Waals surface area contributed by atoms with E-state index < -0.39 is 35.9 Å². The molecule has 21 nitrogen and oxygen atoms in total. The number of alkyl halides is 3. The molecule has 3 aromatic heterocycles. The van der Waals surface area contributed by atoms with E-state index in [1.54, 1.807) is 15.2 Å². The molecule has 6 aliphatic rings. The van der Waals surface area contributed by atoms with Crippen molar-refractivity contribution in [1.82, 2.24) is 28.7 Å². The largest absolute Gasteiger partial charge is 0.534 e. The molecular weight excluding hydrogens is 1160 g/mol. The number of benzene rings is 3. The van der Waals surface area contributed by atoms with Gasteiger partial charge in [0.25, 0.3) is 0 Å². The van der Waals surface area contributed by atoms with Crippen LogP contribution in [-0.4, -0.2) is 149 Å². The molecule has 3 aromatic carbocycles. The first-order chi connectivity index (χ1) is 40.5. The molecule has 458 valence electrons. The van der Waals surface area contributed by atoms with E-state index in [9.17, 15) is 36.0 Å². The highest BCUT2D eigenvalue weighted by atomic mass is 32.2. The third-order valence-electron chi connectivity index (χ3n) is 14.0. The molecule has 3 atom stereocenters. The summed E-state index contributed by atoms with van der Waals surface area (Å²) >= 11 is 0. The van der Waals surface area contributed by atoms with E-state index in [2.05, 4.69) is 55.7 Å². The first-order valence-corrected chi connectivity index (χ1v) is 31.5. The summed E-state index contributed by atoms with van der Waals surface area (Å²) in [5.74, 6) is 6.16. The number of halogens is 3. The number of ether oxygens (including phenoxy) is 9. The van der Waals surface area contributed by atoms with E-state index in [1.807, 2.05) is 36.4 Å². The molecule has 0 amide bonds. The van der Waals surface area contributed by atoms with E-state index in [4.69, 9.17) is 49.1 Å². The second-order valence-electron chi connectivity index (χ2n) is 20.2. The monoisotopic (exact) mass is 1230 g/mol. The average molecular weight is 1230 g/mol. The summed E-state index contributed by atoms with van der Waals surface area (Å²) in [5.41, 5.74) is 6.08. The molecule has 0 N–H and O–H groups in total. The smallest absolute Gasteiger partial charge is 0.475 e. The summed E-state index contributed by atoms with van der Waals surface area (Å²) < 4.78 is 119. The van der Waals surface area contributed by atoms with E-state index in [-0.39, 0.29) is 70.0 Å². The topological polar surface area (TPSA) is 231 Å². The lowest BCUT2D eigenvalue weighted by Crippen LogP contribution is -2.34. The van der Waals surface area contributed by atoms with Crippen molar-refractivity contribution in [2.24, 2.45) is 0 Å². The van der Waals surface area contributed by atoms with Crippen molar-refractivity contribution >= 4 is 18.9 Å². The Balaban J connectivity index is 0.000000167. The Morgan fingerprint density at radius 2 is 0.965 bits per heavy atom. The van der Waals surface area contributed by atoms with E-state index >= 15 is 0 Å². The maximum atomic E-state index is 12.6. The second kappa shape index (κ2) is 28.7. The summed E-state index contributed by atoms with van der Waals surface area (Å²) in [5, 5.41) is 0. The minimum atomic E-state index is -5.78. The van der Waals surface area contributed by atoms with Crippen LogP contribution in [0.1, 0.15) is 42.7 Å². The van der Waals surface area contributed by atoms with Crippen molar-refractivity contribution < 1.29 is 68.4 Å². The van der Waals surface area contributed by atoms with Gasteiger partial charge in [-0.1, -0.05) is 51.9 Å². The normalized spacial score (nSPS) is 18.1. The van der Waals surface area contributed by atoms with Gasteiger partial charge in [0.2, 0.25) is 17.6 Å². The van der Waals surface area contributed by atoms with Crippen LogP contribution in [-0.2, 0) is 77.4 Å². The summed E-state index contributed by atoms with van der Waals surface area (Å²) in [4.78, 5) is 49.2. The molecule has 3 fully saturated rings. The van der Waals surface area contributed by atoms with Gasteiger partial charge in [-0.25, -0.2) is 14.4 Å². The van der Waals surface area contributed by atoms with Gasteiger partial charge in [-0.15, -0.1) is 12.0 Å². The van der Waals surface area contributed by atoms with Gasteiger partial charge in [-0.05, 0) is 78.4 Å². The van der Waals surface area contributed by atoms with Crippen LogP contribution in [0.25, 0.3) is 33.8 Å². The van der Waals surface area contributed by atoms with Gasteiger partial charge >= 0.3 is 32.7 Å². The molecule has 2 unspecified atom stereocenters. The minimum Gasteiger partial charge on any atom is -0.475 e. The first kappa shape index (κ1) is 64.3. The van der Waals surface area contributed by atoms with Gasteiger partial charge in [0, 0.05) is 65.7 Å². The van der Waals surface area contributed by atoms with Crippen molar-refractivity contribution in [2.75, 3.05) is 79.3 Å². The van der Waals surface area contributed by atoms with Crippen molar-refractivity contribution in [2.45, 2.75) is 90.7 Å². The maximum Gasteiger partial charge on any atom is 0.534 e. The van der Waals surface area contributed by atoms with Crippen LogP contribution in [0.3, 0.4) is 0 Å². The Labute approximate surface area is 497 Å². The Bertz CT molecular complexity index is 3800. The average Bonchev–Trinajstić information content (AvgIpc) is 1.02. The van der Waals surface area contributed by atoms with Crippen LogP contribution >= 0.6 is 0 Å². The molecular formula is C60H67F3N6O15SSi. The third-order valence-corrected chi connectivity index (χ3v) is 15.7. The lowest BCUT2D eigenvalue weighted by atomic mass is 9.96. The van der Waals surface area contributed by atoms with Crippen molar-refractivity contribution in [1.29, 1.82) is 0 Å². The predicted molar refractivity (Wildman–Crippen MR) is 314 cm³/mol. The summed E-state index contributed by atoms with van der Waals surface area (Å²) in [6.07, 6.45) is 6.75. The van der Waals surface area contributed by atoms with Crippen molar-refractivity contribution in [3.05, 3.63) is 132 Å². The lowest BCUT2D eigenvalue weighted by Gasteiger charge is -2.24. The van der Waals surface area contributed by atoms with E-state index in [0.29, 0.717) is 114 Å². The van der Waals surface area contributed by atoms with Gasteiger partial charge in [-0.3, -0.25) is 13.7 Å². The third kappa shape index (κ3) is 15.7. The van der Waals surface area contributed by atoms with Crippen LogP contribution in [0.4, 0.5) is 13.2 Å². The lowest BCUT2D eigenvalue weighted by molar-refractivity contribution is -0.102. The summed E-state index contributed by atoms with van der Waals surface area (Å²) in [6, 6.07) is 20.9. The first-order valence-electron chi connectivity index (χ1n) is 27.2. The number of fused-ring (bicyclic) bond motifs is 9. The standard InChI is InChI=1S/C21H24N2O4Si.C19H18N2O4.C18H17F3N2O7S.2CH4/c1-28(2)10-6-15-3-4-18-16(11-15)5-7-23-19(18)12-20(22-21(23)24)27-14-17-13-25-8-9-26-17;1-2-13-3-4-16-14(9-13)5-6-21-17(16)10-18(20-19(21)22)25-12-15-11-23-7-8-24-15;19-18(20,21)31(25,26)30-12-1-2-14-11(7-12)3-4-23-15(14)8-16(22-17(23)24)29-10-13-9-27-5-6-28-13;;/h3-4,11-12,17,28H,5,7-9,13-14H2,1-2H3;1,3-4,9-10,15H,5-8,11-12H2;1-2,7-8,13H,3-6,9-10H2;2*1H4/t;15-;;;/m.0.../s1. The molecule has 0 bridgehead atoms. The van der Waals surface area contributed by atoms with Gasteiger partial charge < -0.3 is 46.8 Å². The number of aromatic nitrogens is 6. The fraction of sp³-hybridized carbons (Fsp3) is 0.433. The Morgan fingerprint density at radius 3 is 1.34 bits per heavy atom. The minimum absolute atomic E-state index is 0. The zero-order valence-corrected chi connectivity index (χ0v) is 47.9. The number of terminal acetylenes is 1. The molecule has 26 heteroatoms. The van der Waals surface area contributed by atoms with Crippen LogP contribution in [0.2, 0.25) is 13.1 Å². The molecule has 3 saturated heterocycles. The zero-order chi connectivity index (χ0) is 59.0. The number of nitrogens with zero attached hydrogens (tertiary/aromatic N) is 6. The van der Waals surface area contributed by atoms with Gasteiger partial charge in [0.05, 0.1) is 76.5 Å². The highest BCUT2D eigenvalue weighted by molar-refractivity contribution is 7.88. The van der Waals surface area contributed by atoms with E-state index in [0.717, 1.165) is 58.1 Å². The molecule has 6 aromatic rings. The highest BCUT2D eigenvalue weighted by Gasteiger charge is 2.48. The Kier molecular flexibility index (Phi) is 21.5. The Morgan fingerprint density at radius 1 is 0.581 bits per heavy atom. The van der Waals surface area contributed by atoms with Gasteiger partial charge in [-0.2, -0.15) is 36.5 Å². The number of hydrogen-bond donors (Lipinski definition) is 0. The second-order valence-corrected chi connectivity index (χ2v) is 24.4. The van der Waals surface area contributed by atoms with E-state index in [1.165, 1.54) is 28.3 Å². The number of hydrogen-bond acceptors (Lipinski definition) is 18. The maximum absolute atomic E-state index is 12.6. The van der Waals surface area contributed by atoms with Gasteiger partial charge in [0.1, 0.15) is 52.7 Å². The molecule has 12 rings (SSSR count). The predicted octanol–water partition coefficient (Wildman–Crippen LogP) is 5.64. The molecule has 0 saturated carbocycles. The summed E-state index contributed by atoms with van der Waals surface area (Å²) in [7, 11) is -6.69. The molecule has 0 spiro atoms. The quantitative estimate of drug-likeness (QED) is 0.0661. The zero-order valence-electron chi connectivity index (χ0n) is 45.9. The Hall–Kier alpha value is -7.66. The molecule has 6 aliphatic heterocycles. The highest BCUT2D eigenvalue weighted by Crippen LogP contribution is 2.36. The van der Waals surface area contributed by atoms with Crippen molar-refractivity contribution in [3.8, 4) is 81.0 Å². The molecule has 0 radical (unpaired) electrons. The summed E-state index contributed by atoms with van der Waals surface area (Å²) in [6.45, 7) is 11.2. The fourth-order valence-electron chi connectivity index (χ4n) is 9.87. The number of aryl methyl sites for hydroxylation is 3. The molecule has 86 heavy (non-hydrogen) atoms. The van der Waals surface area contributed by atoms with Crippen LogP contribution < -0.4 is 35.5 Å². The van der Waals surface area contributed by atoms with Gasteiger partial charge in [0.15, 0.2) is 0 Å². The number of rotatable bonds is 11. The van der Waals surface area contributed by atoms with Crippen molar-refractivity contribution in [3.63, 3.8) is 0 Å². The molecule has 0 aliphatic carbocycles. The van der Waals surface area contributed by atoms with Crippen LogP contribution in [0.15, 0.2) is 87.2 Å². The molecule has 9 heterocycles. The van der Waals surface area contributed by atoms with Crippen LogP contribution in [0.5, 0.6) is 23.4 Å².